The molecule has 1 aliphatic heterocycles. The molecule has 132 valence electrons. The van der Waals surface area contributed by atoms with Crippen molar-refractivity contribution in [2.24, 2.45) is 0 Å². The molecule has 1 fully saturated rings. The van der Waals surface area contributed by atoms with Crippen molar-refractivity contribution >= 4 is 5.97 Å². The zero-order chi connectivity index (χ0) is 17.9. The van der Waals surface area contributed by atoms with Gasteiger partial charge in [-0.05, 0) is 30.2 Å². The van der Waals surface area contributed by atoms with Gasteiger partial charge in [-0.2, -0.15) is 0 Å². The van der Waals surface area contributed by atoms with E-state index in [9.17, 15) is 4.79 Å². The van der Waals surface area contributed by atoms with Crippen molar-refractivity contribution in [1.29, 1.82) is 0 Å². The van der Waals surface area contributed by atoms with Gasteiger partial charge in [-0.1, -0.05) is 60.7 Å². The molecule has 0 bridgehead atoms. The topological polar surface area (TPSA) is 42.4 Å². The maximum Gasteiger partial charge on any atom is 0.325 e. The van der Waals surface area contributed by atoms with Crippen LogP contribution in [0.25, 0.3) is 0 Å². The highest BCUT2D eigenvalue weighted by molar-refractivity contribution is 5.81. The zero-order valence-electron chi connectivity index (χ0n) is 14.6. The Morgan fingerprint density at radius 3 is 2.12 bits per heavy atom. The van der Waals surface area contributed by atoms with Crippen molar-refractivity contribution in [3.8, 4) is 0 Å². The molecule has 3 atom stereocenters. The number of hydrogen-bond donors (Lipinski definition) is 0. The third-order valence-corrected chi connectivity index (χ3v) is 4.74. The molecule has 1 saturated heterocycles. The average Bonchev–Trinajstić information content (AvgIpc) is 3.15. The Morgan fingerprint density at radius 1 is 1.00 bits per heavy atom. The van der Waals surface area contributed by atoms with E-state index in [1.54, 1.807) is 6.26 Å². The lowest BCUT2D eigenvalue weighted by Crippen LogP contribution is -2.20. The summed E-state index contributed by atoms with van der Waals surface area (Å²) in [5.74, 6) is 0.589. The quantitative estimate of drug-likeness (QED) is 0.491. The minimum atomic E-state index is -0.341. The number of carbonyl (C=O) groups is 1. The van der Waals surface area contributed by atoms with Gasteiger partial charge in [0.2, 0.25) is 0 Å². The minimum absolute atomic E-state index is 0.0399. The second-order valence-electron chi connectivity index (χ2n) is 6.33. The summed E-state index contributed by atoms with van der Waals surface area (Å²) in [5, 5.41) is 0. The van der Waals surface area contributed by atoms with E-state index in [0.717, 1.165) is 16.9 Å². The summed E-state index contributed by atoms with van der Waals surface area (Å²) in [6.45, 7) is 2.20. The van der Waals surface area contributed by atoms with Gasteiger partial charge >= 0.3 is 5.97 Å². The first kappa shape index (κ1) is 16.6. The fourth-order valence-corrected chi connectivity index (χ4v) is 3.62. The summed E-state index contributed by atoms with van der Waals surface area (Å²) in [7, 11) is 0. The lowest BCUT2D eigenvalue weighted by atomic mass is 9.98. The van der Waals surface area contributed by atoms with Crippen molar-refractivity contribution in [2.75, 3.05) is 6.61 Å². The molecule has 0 amide bonds. The molecule has 4 heteroatoms. The molecule has 1 aliphatic rings. The third kappa shape index (κ3) is 3.04. The summed E-state index contributed by atoms with van der Waals surface area (Å²) < 4.78 is 10.9. The van der Waals surface area contributed by atoms with Crippen molar-refractivity contribution in [3.63, 3.8) is 0 Å². The lowest BCUT2D eigenvalue weighted by Gasteiger charge is -2.21. The molecule has 4 nitrogen and oxygen atoms in total. The van der Waals surface area contributed by atoms with E-state index in [0.29, 0.717) is 6.61 Å². The largest absolute Gasteiger partial charge is 0.468 e. The molecular formula is C22H21NO3. The summed E-state index contributed by atoms with van der Waals surface area (Å²) in [6.07, 6.45) is 1.65. The zero-order valence-corrected chi connectivity index (χ0v) is 14.6. The van der Waals surface area contributed by atoms with E-state index in [1.807, 2.05) is 55.5 Å². The van der Waals surface area contributed by atoms with Crippen LogP contribution in [0, 0.1) is 0 Å². The van der Waals surface area contributed by atoms with Gasteiger partial charge in [0.05, 0.1) is 25.0 Å². The second kappa shape index (κ2) is 7.18. The van der Waals surface area contributed by atoms with Crippen LogP contribution in [0.1, 0.15) is 35.9 Å². The highest BCUT2D eigenvalue weighted by atomic mass is 16.5. The Labute approximate surface area is 153 Å². The van der Waals surface area contributed by atoms with Gasteiger partial charge in [-0.25, -0.2) is 0 Å². The number of ether oxygens (including phenoxy) is 1. The molecule has 3 aromatic rings. The van der Waals surface area contributed by atoms with E-state index in [4.69, 9.17) is 9.15 Å². The fraction of sp³-hybridized carbons (Fsp3) is 0.227. The highest BCUT2D eigenvalue weighted by Gasteiger charge is 2.59. The normalized spacial score (nSPS) is 21.5. The summed E-state index contributed by atoms with van der Waals surface area (Å²) in [6, 6.07) is 23.8. The molecule has 26 heavy (non-hydrogen) atoms. The number of esters is 1. The molecular weight excluding hydrogens is 326 g/mol. The van der Waals surface area contributed by atoms with Crippen LogP contribution in [0.3, 0.4) is 0 Å². The minimum Gasteiger partial charge on any atom is -0.468 e. The molecule has 1 aromatic heterocycles. The predicted molar refractivity (Wildman–Crippen MR) is 98.4 cm³/mol. The Balaban J connectivity index is 1.75. The molecule has 1 unspecified atom stereocenters. The average molecular weight is 347 g/mol. The maximum absolute atomic E-state index is 12.6. The van der Waals surface area contributed by atoms with Crippen molar-refractivity contribution in [3.05, 3.63) is 95.9 Å². The third-order valence-electron chi connectivity index (χ3n) is 4.74. The smallest absolute Gasteiger partial charge is 0.325 e. The molecule has 2 aromatic carbocycles. The van der Waals surface area contributed by atoms with Crippen molar-refractivity contribution < 1.29 is 13.9 Å². The van der Waals surface area contributed by atoms with E-state index < -0.39 is 0 Å². The summed E-state index contributed by atoms with van der Waals surface area (Å²) >= 11 is 0. The van der Waals surface area contributed by atoms with Gasteiger partial charge in [0.1, 0.15) is 11.8 Å². The Bertz CT molecular complexity index is 806. The molecule has 0 radical (unpaired) electrons. The van der Waals surface area contributed by atoms with Gasteiger partial charge in [0, 0.05) is 0 Å². The Morgan fingerprint density at radius 2 is 1.62 bits per heavy atom. The fourth-order valence-electron chi connectivity index (χ4n) is 3.62. The van der Waals surface area contributed by atoms with Crippen LogP contribution in [0.2, 0.25) is 0 Å². The van der Waals surface area contributed by atoms with Gasteiger partial charge in [-0.15, -0.1) is 0 Å². The second-order valence-corrected chi connectivity index (χ2v) is 6.33. The Hall–Kier alpha value is -2.85. The lowest BCUT2D eigenvalue weighted by molar-refractivity contribution is -0.143. The van der Waals surface area contributed by atoms with Crippen LogP contribution in [0.15, 0.2) is 83.5 Å². The van der Waals surface area contributed by atoms with Crippen LogP contribution in [-0.4, -0.2) is 23.5 Å². The van der Waals surface area contributed by atoms with E-state index >= 15 is 0 Å². The van der Waals surface area contributed by atoms with Crippen LogP contribution >= 0.6 is 0 Å². The van der Waals surface area contributed by atoms with Crippen LogP contribution in [-0.2, 0) is 9.53 Å². The molecule has 0 aliphatic carbocycles. The monoisotopic (exact) mass is 347 g/mol. The van der Waals surface area contributed by atoms with Crippen LogP contribution < -0.4 is 0 Å². The molecule has 0 saturated carbocycles. The van der Waals surface area contributed by atoms with E-state index in [1.165, 1.54) is 0 Å². The van der Waals surface area contributed by atoms with Gasteiger partial charge in [0.25, 0.3) is 0 Å². The molecule has 2 heterocycles. The van der Waals surface area contributed by atoms with Gasteiger partial charge in [0.15, 0.2) is 0 Å². The van der Waals surface area contributed by atoms with Gasteiger partial charge < -0.3 is 9.15 Å². The standard InChI is InChI=1S/C22H21NO3/c1-2-25-22(24)21-20(18-14-9-15-26-18)23(21)19(16-10-5-3-6-11-16)17-12-7-4-8-13-17/h3-15,19-21H,2H2,1H3/t20-,21-,23?/m1/s1. The first-order valence-corrected chi connectivity index (χ1v) is 8.88. The SMILES string of the molecule is CCOC(=O)[C@H]1[C@@H](c2ccco2)N1C(c1ccccc1)c1ccccc1. The first-order chi connectivity index (χ1) is 12.8. The highest BCUT2D eigenvalue weighted by Crippen LogP contribution is 2.52. The predicted octanol–water partition coefficient (Wildman–Crippen LogP) is 4.36. The van der Waals surface area contributed by atoms with Crippen LogP contribution in [0.5, 0.6) is 0 Å². The first-order valence-electron chi connectivity index (χ1n) is 8.88. The van der Waals surface area contributed by atoms with Crippen molar-refractivity contribution in [2.45, 2.75) is 25.0 Å². The summed E-state index contributed by atoms with van der Waals surface area (Å²) in [4.78, 5) is 14.8. The molecule has 4 rings (SSSR count). The van der Waals surface area contributed by atoms with Gasteiger partial charge in [-0.3, -0.25) is 9.69 Å². The molecule has 0 spiro atoms. The number of hydrogen-bond acceptors (Lipinski definition) is 4. The van der Waals surface area contributed by atoms with E-state index in [-0.39, 0.29) is 24.1 Å². The van der Waals surface area contributed by atoms with Crippen LogP contribution in [0.4, 0.5) is 0 Å². The number of furan rings is 1. The summed E-state index contributed by atoms with van der Waals surface area (Å²) in [5.41, 5.74) is 2.28. The van der Waals surface area contributed by atoms with E-state index in [2.05, 4.69) is 29.2 Å². The Kier molecular flexibility index (Phi) is 4.59. The number of rotatable bonds is 6. The molecule has 0 N–H and O–H groups in total. The van der Waals surface area contributed by atoms with Crippen molar-refractivity contribution in [1.82, 2.24) is 4.90 Å². The number of carbonyl (C=O) groups excluding carboxylic acids is 1. The maximum atomic E-state index is 12.6. The number of nitrogens with zero attached hydrogens (tertiary/aromatic N) is 1. The number of benzene rings is 2.